The molecule has 2 aromatic heterocycles. The molecular formula is C16H24N4OS. The van der Waals surface area contributed by atoms with Gasteiger partial charge in [-0.05, 0) is 42.2 Å². The van der Waals surface area contributed by atoms with Crippen molar-refractivity contribution in [3.8, 4) is 0 Å². The Bertz CT molecular complexity index is 579. The predicted molar refractivity (Wildman–Crippen MR) is 89.9 cm³/mol. The van der Waals surface area contributed by atoms with E-state index in [2.05, 4.69) is 34.1 Å². The summed E-state index contributed by atoms with van der Waals surface area (Å²) < 4.78 is 1.95. The average molecular weight is 320 g/mol. The van der Waals surface area contributed by atoms with Crippen molar-refractivity contribution in [1.82, 2.24) is 19.8 Å². The van der Waals surface area contributed by atoms with E-state index in [1.807, 2.05) is 29.6 Å². The van der Waals surface area contributed by atoms with E-state index in [9.17, 15) is 4.79 Å². The third-order valence-corrected chi connectivity index (χ3v) is 4.26. The zero-order valence-corrected chi connectivity index (χ0v) is 14.3. The van der Waals surface area contributed by atoms with Crippen molar-refractivity contribution in [2.45, 2.75) is 39.3 Å². The Labute approximate surface area is 136 Å². The molecule has 1 atom stereocenters. The van der Waals surface area contributed by atoms with Crippen LogP contribution in [0.4, 0.5) is 4.79 Å². The van der Waals surface area contributed by atoms with Gasteiger partial charge in [0.2, 0.25) is 0 Å². The minimum atomic E-state index is -0.0208. The molecule has 22 heavy (non-hydrogen) atoms. The number of amides is 2. The van der Waals surface area contributed by atoms with Gasteiger partial charge in [0.15, 0.2) is 0 Å². The van der Waals surface area contributed by atoms with Gasteiger partial charge in [-0.3, -0.25) is 0 Å². The normalized spacial score (nSPS) is 12.1. The van der Waals surface area contributed by atoms with Crippen molar-refractivity contribution < 1.29 is 4.79 Å². The van der Waals surface area contributed by atoms with Crippen LogP contribution in [0.2, 0.25) is 0 Å². The lowest BCUT2D eigenvalue weighted by atomic mass is 10.1. The first kappa shape index (κ1) is 16.5. The van der Waals surface area contributed by atoms with Crippen LogP contribution in [-0.4, -0.2) is 33.1 Å². The topological polar surface area (TPSA) is 50.2 Å². The molecule has 2 amide bonds. The summed E-state index contributed by atoms with van der Waals surface area (Å²) in [6, 6.07) is 2.20. The number of nitrogens with zero attached hydrogens (tertiary/aromatic N) is 3. The molecule has 5 nitrogen and oxygen atoms in total. The van der Waals surface area contributed by atoms with E-state index in [1.165, 1.54) is 5.56 Å². The molecule has 120 valence electrons. The number of imidazole rings is 1. The van der Waals surface area contributed by atoms with E-state index < -0.39 is 0 Å². The number of aromatic nitrogens is 2. The maximum absolute atomic E-state index is 12.5. The molecule has 0 aliphatic carbocycles. The number of nitrogens with one attached hydrogen (secondary N) is 1. The van der Waals surface area contributed by atoms with E-state index in [0.717, 1.165) is 25.2 Å². The van der Waals surface area contributed by atoms with Gasteiger partial charge >= 0.3 is 6.03 Å². The molecule has 2 heterocycles. The van der Waals surface area contributed by atoms with E-state index in [1.54, 1.807) is 17.5 Å². The predicted octanol–water partition coefficient (Wildman–Crippen LogP) is 3.03. The number of rotatable bonds is 7. The zero-order chi connectivity index (χ0) is 15.9. The van der Waals surface area contributed by atoms with E-state index in [4.69, 9.17) is 0 Å². The van der Waals surface area contributed by atoms with Gasteiger partial charge in [0.05, 0.1) is 6.54 Å². The maximum Gasteiger partial charge on any atom is 0.318 e. The van der Waals surface area contributed by atoms with Crippen LogP contribution in [0, 0.1) is 0 Å². The Kier molecular flexibility index (Phi) is 6.00. The fourth-order valence-corrected chi connectivity index (χ4v) is 3.04. The van der Waals surface area contributed by atoms with Crippen molar-refractivity contribution in [2.24, 2.45) is 7.05 Å². The molecule has 2 rings (SSSR count). The number of carbonyl (C=O) groups is 1. The van der Waals surface area contributed by atoms with Gasteiger partial charge in [0.25, 0.3) is 0 Å². The molecule has 0 aromatic carbocycles. The third kappa shape index (κ3) is 4.59. The minimum absolute atomic E-state index is 0.0208. The Morgan fingerprint density at radius 1 is 1.55 bits per heavy atom. The Morgan fingerprint density at radius 3 is 2.95 bits per heavy atom. The number of carbonyl (C=O) groups excluding carboxylic acids is 1. The number of aryl methyl sites for hydroxylation is 1. The molecule has 1 N–H and O–H groups in total. The lowest BCUT2D eigenvalue weighted by Crippen LogP contribution is -2.44. The highest BCUT2D eigenvalue weighted by Gasteiger charge is 2.17. The number of hydrogen-bond donors (Lipinski definition) is 1. The van der Waals surface area contributed by atoms with E-state index >= 15 is 0 Å². The highest BCUT2D eigenvalue weighted by Crippen LogP contribution is 2.09. The van der Waals surface area contributed by atoms with Gasteiger partial charge in [0, 0.05) is 32.0 Å². The number of urea groups is 1. The third-order valence-electron chi connectivity index (χ3n) is 3.53. The van der Waals surface area contributed by atoms with Crippen molar-refractivity contribution in [2.75, 3.05) is 6.54 Å². The molecule has 0 spiro atoms. The summed E-state index contributed by atoms with van der Waals surface area (Å²) in [4.78, 5) is 18.6. The number of hydrogen-bond acceptors (Lipinski definition) is 3. The molecule has 6 heteroatoms. The highest BCUT2D eigenvalue weighted by atomic mass is 32.1. The number of thiophene rings is 1. The second kappa shape index (κ2) is 7.98. The Morgan fingerprint density at radius 2 is 2.36 bits per heavy atom. The standard InChI is InChI=1S/C16H24N4OS/c1-4-7-20(11-15-17-6-8-19(15)3)16(21)18-13(2)10-14-5-9-22-12-14/h5-6,8-9,12-13H,4,7,10-11H2,1-3H3,(H,18,21). The molecule has 1 unspecified atom stereocenters. The van der Waals surface area contributed by atoms with E-state index in [-0.39, 0.29) is 12.1 Å². The molecule has 0 aliphatic heterocycles. The minimum Gasteiger partial charge on any atom is -0.337 e. The average Bonchev–Trinajstić information content (AvgIpc) is 3.10. The largest absolute Gasteiger partial charge is 0.337 e. The van der Waals surface area contributed by atoms with Crippen LogP contribution in [0.25, 0.3) is 0 Å². The van der Waals surface area contributed by atoms with Gasteiger partial charge < -0.3 is 14.8 Å². The summed E-state index contributed by atoms with van der Waals surface area (Å²) in [5, 5.41) is 7.28. The fourth-order valence-electron chi connectivity index (χ4n) is 2.36. The Balaban J connectivity index is 1.92. The van der Waals surface area contributed by atoms with Crippen molar-refractivity contribution in [3.63, 3.8) is 0 Å². The van der Waals surface area contributed by atoms with Crippen LogP contribution in [0.5, 0.6) is 0 Å². The molecule has 0 saturated heterocycles. The SMILES string of the molecule is CCCN(Cc1nccn1C)C(=O)NC(C)Cc1ccsc1. The van der Waals surface area contributed by atoms with Crippen LogP contribution in [0.15, 0.2) is 29.2 Å². The summed E-state index contributed by atoms with van der Waals surface area (Å²) in [6.07, 6.45) is 5.45. The summed E-state index contributed by atoms with van der Waals surface area (Å²) in [6.45, 7) is 5.38. The Hall–Kier alpha value is -1.82. The summed E-state index contributed by atoms with van der Waals surface area (Å²) >= 11 is 1.69. The van der Waals surface area contributed by atoms with Gasteiger partial charge in [0.1, 0.15) is 5.82 Å². The van der Waals surface area contributed by atoms with Gasteiger partial charge in [-0.2, -0.15) is 11.3 Å². The van der Waals surface area contributed by atoms with Crippen LogP contribution < -0.4 is 5.32 Å². The molecule has 0 radical (unpaired) electrons. The van der Waals surface area contributed by atoms with Crippen LogP contribution >= 0.6 is 11.3 Å². The summed E-state index contributed by atoms with van der Waals surface area (Å²) in [7, 11) is 1.95. The zero-order valence-electron chi connectivity index (χ0n) is 13.5. The highest BCUT2D eigenvalue weighted by molar-refractivity contribution is 7.07. The van der Waals surface area contributed by atoms with Crippen molar-refractivity contribution >= 4 is 17.4 Å². The van der Waals surface area contributed by atoms with Crippen molar-refractivity contribution in [3.05, 3.63) is 40.6 Å². The van der Waals surface area contributed by atoms with Crippen LogP contribution in [-0.2, 0) is 20.0 Å². The van der Waals surface area contributed by atoms with Crippen molar-refractivity contribution in [1.29, 1.82) is 0 Å². The van der Waals surface area contributed by atoms with Crippen LogP contribution in [0.1, 0.15) is 31.7 Å². The van der Waals surface area contributed by atoms with Gasteiger partial charge in [-0.25, -0.2) is 9.78 Å². The van der Waals surface area contributed by atoms with Crippen LogP contribution in [0.3, 0.4) is 0 Å². The molecule has 2 aromatic rings. The fraction of sp³-hybridized carbons (Fsp3) is 0.500. The summed E-state index contributed by atoms with van der Waals surface area (Å²) in [5.74, 6) is 0.897. The second-order valence-corrected chi connectivity index (χ2v) is 6.34. The van der Waals surface area contributed by atoms with Gasteiger partial charge in [-0.15, -0.1) is 0 Å². The van der Waals surface area contributed by atoms with E-state index in [0.29, 0.717) is 6.54 Å². The lowest BCUT2D eigenvalue weighted by Gasteiger charge is -2.24. The second-order valence-electron chi connectivity index (χ2n) is 5.56. The molecule has 0 saturated carbocycles. The first-order valence-electron chi connectivity index (χ1n) is 7.62. The maximum atomic E-state index is 12.5. The first-order valence-corrected chi connectivity index (χ1v) is 8.57. The summed E-state index contributed by atoms with van der Waals surface area (Å²) in [5.41, 5.74) is 1.27. The molecule has 0 bridgehead atoms. The lowest BCUT2D eigenvalue weighted by molar-refractivity contribution is 0.189. The molecule has 0 fully saturated rings. The molecular weight excluding hydrogens is 296 g/mol. The quantitative estimate of drug-likeness (QED) is 0.852. The molecule has 0 aliphatic rings. The smallest absolute Gasteiger partial charge is 0.318 e. The van der Waals surface area contributed by atoms with Gasteiger partial charge in [-0.1, -0.05) is 6.92 Å². The monoisotopic (exact) mass is 320 g/mol. The first-order chi connectivity index (χ1) is 10.6.